The van der Waals surface area contributed by atoms with E-state index in [2.05, 4.69) is 10.2 Å². The first-order valence-corrected chi connectivity index (χ1v) is 6.04. The molecule has 0 aromatic rings. The molecule has 1 N–H and O–H groups in total. The number of rotatable bonds is 2. The van der Waals surface area contributed by atoms with Gasteiger partial charge in [0.25, 0.3) is 0 Å². The number of ether oxygens (including phenoxy) is 2. The van der Waals surface area contributed by atoms with Crippen LogP contribution in [0, 0.1) is 11.8 Å². The molecule has 0 bridgehead atoms. The molecule has 3 aliphatic heterocycles. The zero-order chi connectivity index (χ0) is 10.1. The highest BCUT2D eigenvalue weighted by molar-refractivity contribution is 4.91. The molecule has 86 valence electrons. The maximum Gasteiger partial charge on any atom is 0.147 e. The van der Waals surface area contributed by atoms with Gasteiger partial charge in [-0.1, -0.05) is 0 Å². The van der Waals surface area contributed by atoms with E-state index in [0.717, 1.165) is 31.4 Å². The molecule has 3 aliphatic rings. The van der Waals surface area contributed by atoms with Gasteiger partial charge in [0.15, 0.2) is 0 Å². The Morgan fingerprint density at radius 2 is 2.00 bits per heavy atom. The van der Waals surface area contributed by atoms with Crippen molar-refractivity contribution in [1.82, 2.24) is 10.2 Å². The summed E-state index contributed by atoms with van der Waals surface area (Å²) in [6, 6.07) is 0. The Morgan fingerprint density at radius 1 is 1.20 bits per heavy atom. The van der Waals surface area contributed by atoms with Gasteiger partial charge in [0.1, 0.15) is 6.79 Å². The number of likely N-dealkylation sites (tertiary alicyclic amines) is 1. The topological polar surface area (TPSA) is 33.7 Å². The van der Waals surface area contributed by atoms with E-state index in [0.29, 0.717) is 12.9 Å². The van der Waals surface area contributed by atoms with Crippen LogP contribution >= 0.6 is 0 Å². The van der Waals surface area contributed by atoms with Crippen LogP contribution in [-0.4, -0.2) is 57.1 Å². The van der Waals surface area contributed by atoms with Crippen LogP contribution in [0.2, 0.25) is 0 Å². The van der Waals surface area contributed by atoms with Crippen LogP contribution in [0.25, 0.3) is 0 Å². The summed E-state index contributed by atoms with van der Waals surface area (Å²) >= 11 is 0. The molecule has 3 rings (SSSR count). The number of hydrogen-bond donors (Lipinski definition) is 1. The zero-order valence-electron chi connectivity index (χ0n) is 9.15. The molecule has 3 fully saturated rings. The summed E-state index contributed by atoms with van der Waals surface area (Å²) in [7, 11) is 0. The second-order valence-electron chi connectivity index (χ2n) is 5.00. The van der Waals surface area contributed by atoms with Crippen molar-refractivity contribution < 1.29 is 9.47 Å². The van der Waals surface area contributed by atoms with Crippen molar-refractivity contribution >= 4 is 0 Å². The first-order chi connectivity index (χ1) is 7.42. The van der Waals surface area contributed by atoms with Gasteiger partial charge in [0, 0.05) is 19.6 Å². The fourth-order valence-corrected chi connectivity index (χ4v) is 3.03. The molecule has 0 aromatic carbocycles. The van der Waals surface area contributed by atoms with Crippen LogP contribution in [0.5, 0.6) is 0 Å². The molecule has 0 spiro atoms. The summed E-state index contributed by atoms with van der Waals surface area (Å²) in [5.41, 5.74) is 0. The summed E-state index contributed by atoms with van der Waals surface area (Å²) in [4.78, 5) is 2.58. The molecule has 15 heavy (non-hydrogen) atoms. The maximum absolute atomic E-state index is 5.58. The Hall–Kier alpha value is -0.160. The van der Waals surface area contributed by atoms with Crippen LogP contribution in [0.1, 0.15) is 6.42 Å². The summed E-state index contributed by atoms with van der Waals surface area (Å²) in [6.07, 6.45) is 1.47. The minimum absolute atomic E-state index is 0.408. The van der Waals surface area contributed by atoms with E-state index >= 15 is 0 Å². The number of fused-ring (bicyclic) bond motifs is 1. The highest BCUT2D eigenvalue weighted by atomic mass is 16.7. The Balaban J connectivity index is 1.48. The maximum atomic E-state index is 5.58. The normalized spacial score (nSPS) is 42.0. The standard InChI is InChI=1S/C11H20N2O2/c1-2-14-8-15-11(1)7-13-5-9-3-12-4-10(9)6-13/h9-12H,1-8H2. The predicted octanol–water partition coefficient (Wildman–Crippen LogP) is -0.0994. The Kier molecular flexibility index (Phi) is 2.92. The fraction of sp³-hybridized carbons (Fsp3) is 1.00. The average molecular weight is 212 g/mol. The quantitative estimate of drug-likeness (QED) is 0.693. The van der Waals surface area contributed by atoms with Gasteiger partial charge >= 0.3 is 0 Å². The third kappa shape index (κ3) is 2.18. The molecule has 4 nitrogen and oxygen atoms in total. The lowest BCUT2D eigenvalue weighted by Crippen LogP contribution is -2.37. The van der Waals surface area contributed by atoms with Gasteiger partial charge in [-0.05, 0) is 31.3 Å². The first-order valence-electron chi connectivity index (χ1n) is 6.04. The molecule has 3 unspecified atom stereocenters. The van der Waals surface area contributed by atoms with Crippen molar-refractivity contribution in [2.45, 2.75) is 12.5 Å². The summed E-state index contributed by atoms with van der Waals surface area (Å²) in [6.45, 7) is 7.43. The van der Waals surface area contributed by atoms with Gasteiger partial charge in [0.2, 0.25) is 0 Å². The third-order valence-electron chi connectivity index (χ3n) is 3.90. The molecule has 3 heterocycles. The Bertz CT molecular complexity index is 207. The third-order valence-corrected chi connectivity index (χ3v) is 3.90. The highest BCUT2D eigenvalue weighted by Gasteiger charge is 2.36. The van der Waals surface area contributed by atoms with Gasteiger partial charge in [0.05, 0.1) is 12.7 Å². The molecule has 0 saturated carbocycles. The molecular formula is C11H20N2O2. The van der Waals surface area contributed by atoms with Gasteiger partial charge < -0.3 is 19.7 Å². The Morgan fingerprint density at radius 3 is 2.67 bits per heavy atom. The van der Waals surface area contributed by atoms with Crippen LogP contribution < -0.4 is 5.32 Å². The number of nitrogens with one attached hydrogen (secondary N) is 1. The second-order valence-corrected chi connectivity index (χ2v) is 5.00. The minimum atomic E-state index is 0.408. The van der Waals surface area contributed by atoms with E-state index in [-0.39, 0.29) is 0 Å². The van der Waals surface area contributed by atoms with Crippen LogP contribution in [-0.2, 0) is 9.47 Å². The summed E-state index contributed by atoms with van der Waals surface area (Å²) < 4.78 is 10.8. The molecule has 4 heteroatoms. The molecular weight excluding hydrogens is 192 g/mol. The van der Waals surface area contributed by atoms with E-state index < -0.39 is 0 Å². The average Bonchev–Trinajstić information content (AvgIpc) is 2.79. The van der Waals surface area contributed by atoms with Crippen molar-refractivity contribution in [3.8, 4) is 0 Å². The van der Waals surface area contributed by atoms with Crippen molar-refractivity contribution in [3.05, 3.63) is 0 Å². The fourth-order valence-electron chi connectivity index (χ4n) is 3.03. The summed E-state index contributed by atoms with van der Waals surface area (Å²) in [5, 5.41) is 3.47. The highest BCUT2D eigenvalue weighted by Crippen LogP contribution is 2.26. The molecule has 0 radical (unpaired) electrons. The largest absolute Gasteiger partial charge is 0.355 e. The number of nitrogens with zero attached hydrogens (tertiary/aromatic N) is 1. The first kappa shape index (κ1) is 10.0. The molecule has 0 aliphatic carbocycles. The van der Waals surface area contributed by atoms with E-state index in [9.17, 15) is 0 Å². The van der Waals surface area contributed by atoms with Crippen molar-refractivity contribution in [2.75, 3.05) is 46.1 Å². The smallest absolute Gasteiger partial charge is 0.147 e. The monoisotopic (exact) mass is 212 g/mol. The Labute approximate surface area is 90.9 Å². The van der Waals surface area contributed by atoms with Gasteiger partial charge in [-0.15, -0.1) is 0 Å². The van der Waals surface area contributed by atoms with Gasteiger partial charge in [-0.25, -0.2) is 0 Å². The molecule has 3 atom stereocenters. The van der Waals surface area contributed by atoms with E-state index in [1.807, 2.05) is 0 Å². The number of hydrogen-bond acceptors (Lipinski definition) is 4. The van der Waals surface area contributed by atoms with E-state index in [1.165, 1.54) is 26.2 Å². The van der Waals surface area contributed by atoms with E-state index in [1.54, 1.807) is 0 Å². The summed E-state index contributed by atoms with van der Waals surface area (Å²) in [5.74, 6) is 1.79. The van der Waals surface area contributed by atoms with E-state index in [4.69, 9.17) is 9.47 Å². The van der Waals surface area contributed by atoms with Crippen molar-refractivity contribution in [1.29, 1.82) is 0 Å². The van der Waals surface area contributed by atoms with Crippen molar-refractivity contribution in [3.63, 3.8) is 0 Å². The van der Waals surface area contributed by atoms with Crippen molar-refractivity contribution in [2.24, 2.45) is 11.8 Å². The zero-order valence-corrected chi connectivity index (χ0v) is 9.15. The lowest BCUT2D eigenvalue weighted by molar-refractivity contribution is -0.143. The molecule has 0 amide bonds. The lowest BCUT2D eigenvalue weighted by Gasteiger charge is -2.27. The van der Waals surface area contributed by atoms with Gasteiger partial charge in [-0.2, -0.15) is 0 Å². The lowest BCUT2D eigenvalue weighted by atomic mass is 10.0. The molecule has 0 aromatic heterocycles. The SMILES string of the molecule is C1CC(CN2CC3CNCC3C2)OCO1. The van der Waals surface area contributed by atoms with Gasteiger partial charge in [-0.3, -0.25) is 0 Å². The van der Waals surface area contributed by atoms with Crippen LogP contribution in [0.4, 0.5) is 0 Å². The van der Waals surface area contributed by atoms with Crippen LogP contribution in [0.15, 0.2) is 0 Å². The predicted molar refractivity (Wildman–Crippen MR) is 56.6 cm³/mol. The second kappa shape index (κ2) is 4.37. The van der Waals surface area contributed by atoms with Crippen LogP contribution in [0.3, 0.4) is 0 Å². The molecule has 3 saturated heterocycles. The minimum Gasteiger partial charge on any atom is -0.355 e.